The second kappa shape index (κ2) is 7.92. The molecule has 2 heterocycles. The molecule has 0 atom stereocenters. The van der Waals surface area contributed by atoms with E-state index in [1.165, 1.54) is 0 Å². The monoisotopic (exact) mass is 334 g/mol. The molecule has 0 aliphatic rings. The molecule has 2 N–H and O–H groups in total. The molecular weight excluding hydrogens is 316 g/mol. The molecule has 0 aliphatic heterocycles. The van der Waals surface area contributed by atoms with E-state index in [1.54, 1.807) is 50.0 Å². The summed E-state index contributed by atoms with van der Waals surface area (Å²) in [5.74, 6) is 0.739. The first kappa shape index (κ1) is 16.4. The summed E-state index contributed by atoms with van der Waals surface area (Å²) >= 11 is 0. The Balaban J connectivity index is 1.64. The molecular formula is C19H18N4O2. The van der Waals surface area contributed by atoms with Crippen molar-refractivity contribution in [3.63, 3.8) is 0 Å². The molecule has 0 saturated carbocycles. The Morgan fingerprint density at radius 3 is 2.52 bits per heavy atom. The highest BCUT2D eigenvalue weighted by molar-refractivity contribution is 5.89. The number of ether oxygens (including phenoxy) is 1. The van der Waals surface area contributed by atoms with Crippen LogP contribution in [0.5, 0.6) is 5.75 Å². The Labute approximate surface area is 145 Å². The number of nitrogens with one attached hydrogen (secondary N) is 2. The molecule has 6 nitrogen and oxygen atoms in total. The number of carbonyl (C=O) groups excluding carboxylic acids is 1. The summed E-state index contributed by atoms with van der Waals surface area (Å²) in [6.45, 7) is 0.369. The van der Waals surface area contributed by atoms with Crippen molar-refractivity contribution in [2.75, 3.05) is 12.4 Å². The van der Waals surface area contributed by atoms with Crippen LogP contribution in [0.1, 0.15) is 5.56 Å². The molecule has 1 aromatic carbocycles. The molecule has 0 aliphatic carbocycles. The normalized spacial score (nSPS) is 10.1. The van der Waals surface area contributed by atoms with E-state index in [4.69, 9.17) is 4.74 Å². The highest BCUT2D eigenvalue weighted by Gasteiger charge is 2.08. The molecule has 3 rings (SSSR count). The van der Waals surface area contributed by atoms with Gasteiger partial charge in [0.25, 0.3) is 0 Å². The van der Waals surface area contributed by atoms with Crippen molar-refractivity contribution < 1.29 is 9.53 Å². The van der Waals surface area contributed by atoms with E-state index in [2.05, 4.69) is 20.6 Å². The van der Waals surface area contributed by atoms with Crippen LogP contribution < -0.4 is 15.4 Å². The largest absolute Gasteiger partial charge is 0.497 e. The Morgan fingerprint density at radius 1 is 1.04 bits per heavy atom. The van der Waals surface area contributed by atoms with Crippen molar-refractivity contribution in [2.24, 2.45) is 0 Å². The Bertz CT molecular complexity index is 836. The zero-order chi connectivity index (χ0) is 17.5. The number of rotatable bonds is 5. The number of nitrogens with zero attached hydrogens (tertiary/aromatic N) is 2. The Kier molecular flexibility index (Phi) is 5.21. The van der Waals surface area contributed by atoms with E-state index < -0.39 is 0 Å². The van der Waals surface area contributed by atoms with Crippen LogP contribution in [0, 0.1) is 0 Å². The average Bonchev–Trinajstić information content (AvgIpc) is 2.68. The number of urea groups is 1. The lowest BCUT2D eigenvalue weighted by molar-refractivity contribution is 0.251. The van der Waals surface area contributed by atoms with Crippen molar-refractivity contribution in [2.45, 2.75) is 6.54 Å². The van der Waals surface area contributed by atoms with Crippen LogP contribution in [0.3, 0.4) is 0 Å². The third-order valence-corrected chi connectivity index (χ3v) is 3.63. The highest BCUT2D eigenvalue weighted by atomic mass is 16.5. The summed E-state index contributed by atoms with van der Waals surface area (Å²) in [6.07, 6.45) is 5.17. The van der Waals surface area contributed by atoms with Gasteiger partial charge in [0.05, 0.1) is 12.8 Å². The number of hydrogen-bond acceptors (Lipinski definition) is 4. The second-order valence-electron chi connectivity index (χ2n) is 5.28. The van der Waals surface area contributed by atoms with Gasteiger partial charge in [-0.25, -0.2) is 4.79 Å². The van der Waals surface area contributed by atoms with Crippen LogP contribution in [0.4, 0.5) is 10.5 Å². The number of amides is 2. The molecule has 126 valence electrons. The lowest BCUT2D eigenvalue weighted by Crippen LogP contribution is -2.28. The van der Waals surface area contributed by atoms with Gasteiger partial charge in [0.1, 0.15) is 5.75 Å². The van der Waals surface area contributed by atoms with Crippen molar-refractivity contribution in [1.82, 2.24) is 15.3 Å². The molecule has 3 aromatic rings. The zero-order valence-electron chi connectivity index (χ0n) is 13.8. The maximum absolute atomic E-state index is 12.1. The summed E-state index contributed by atoms with van der Waals surface area (Å²) in [7, 11) is 1.60. The van der Waals surface area contributed by atoms with Gasteiger partial charge in [0.15, 0.2) is 0 Å². The minimum absolute atomic E-state index is 0.283. The van der Waals surface area contributed by atoms with E-state index in [0.717, 1.165) is 22.6 Å². The number of anilines is 1. The lowest BCUT2D eigenvalue weighted by Gasteiger charge is -2.11. The van der Waals surface area contributed by atoms with Crippen LogP contribution in [-0.2, 0) is 6.54 Å². The van der Waals surface area contributed by atoms with Gasteiger partial charge in [-0.15, -0.1) is 0 Å². The summed E-state index contributed by atoms with van der Waals surface area (Å²) in [5.41, 5.74) is 3.41. The van der Waals surface area contributed by atoms with Crippen LogP contribution >= 0.6 is 0 Å². The van der Waals surface area contributed by atoms with Gasteiger partial charge in [-0.05, 0) is 48.0 Å². The topological polar surface area (TPSA) is 76.1 Å². The number of aromatic nitrogens is 2. The third-order valence-electron chi connectivity index (χ3n) is 3.63. The maximum Gasteiger partial charge on any atom is 0.319 e. The van der Waals surface area contributed by atoms with Gasteiger partial charge in [-0.1, -0.05) is 6.07 Å². The van der Waals surface area contributed by atoms with Crippen LogP contribution in [0.15, 0.2) is 67.1 Å². The number of pyridine rings is 2. The van der Waals surface area contributed by atoms with Crippen LogP contribution in [0.2, 0.25) is 0 Å². The first-order valence-electron chi connectivity index (χ1n) is 7.79. The Morgan fingerprint density at radius 2 is 1.80 bits per heavy atom. The summed E-state index contributed by atoms with van der Waals surface area (Å²) < 4.78 is 5.09. The second-order valence-corrected chi connectivity index (χ2v) is 5.28. The first-order valence-corrected chi connectivity index (χ1v) is 7.79. The van der Waals surface area contributed by atoms with E-state index in [0.29, 0.717) is 12.2 Å². The molecule has 2 aromatic heterocycles. The minimum atomic E-state index is -0.283. The van der Waals surface area contributed by atoms with E-state index >= 15 is 0 Å². The molecule has 0 spiro atoms. The standard InChI is InChI=1S/C19H18N4O2/c1-25-17-6-4-16(5-7-17)23-19(24)22-13-15-3-2-10-21-18(15)14-8-11-20-12-9-14/h2-12H,13H2,1H3,(H2,22,23,24). The van der Waals surface area contributed by atoms with Gasteiger partial charge < -0.3 is 15.4 Å². The predicted molar refractivity (Wildman–Crippen MR) is 96.3 cm³/mol. The minimum Gasteiger partial charge on any atom is -0.497 e. The van der Waals surface area contributed by atoms with E-state index in [1.807, 2.05) is 24.3 Å². The SMILES string of the molecule is COc1ccc(NC(=O)NCc2cccnc2-c2ccncc2)cc1. The van der Waals surface area contributed by atoms with Crippen molar-refractivity contribution in [3.8, 4) is 17.0 Å². The van der Waals surface area contributed by atoms with Crippen molar-refractivity contribution in [3.05, 3.63) is 72.7 Å². The van der Waals surface area contributed by atoms with Gasteiger partial charge in [0.2, 0.25) is 0 Å². The van der Waals surface area contributed by atoms with E-state index in [-0.39, 0.29) is 6.03 Å². The highest BCUT2D eigenvalue weighted by Crippen LogP contribution is 2.20. The molecule has 25 heavy (non-hydrogen) atoms. The average molecular weight is 334 g/mol. The molecule has 0 radical (unpaired) electrons. The fourth-order valence-electron chi connectivity index (χ4n) is 2.38. The summed E-state index contributed by atoms with van der Waals surface area (Å²) in [4.78, 5) is 20.5. The van der Waals surface area contributed by atoms with Crippen LogP contribution in [0.25, 0.3) is 11.3 Å². The maximum atomic E-state index is 12.1. The number of methoxy groups -OCH3 is 1. The molecule has 0 fully saturated rings. The number of benzene rings is 1. The quantitative estimate of drug-likeness (QED) is 0.749. The number of carbonyl (C=O) groups is 1. The van der Waals surface area contributed by atoms with Crippen molar-refractivity contribution in [1.29, 1.82) is 0 Å². The van der Waals surface area contributed by atoms with Gasteiger partial charge in [-0.3, -0.25) is 9.97 Å². The molecule has 6 heteroatoms. The lowest BCUT2D eigenvalue weighted by atomic mass is 10.1. The predicted octanol–water partition coefficient (Wildman–Crippen LogP) is 3.47. The van der Waals surface area contributed by atoms with Gasteiger partial charge in [-0.2, -0.15) is 0 Å². The fraction of sp³-hybridized carbons (Fsp3) is 0.105. The summed E-state index contributed by atoms with van der Waals surface area (Å²) in [6, 6.07) is 14.4. The molecule has 0 unspecified atom stereocenters. The third kappa shape index (κ3) is 4.32. The molecule has 2 amide bonds. The van der Waals surface area contributed by atoms with Crippen molar-refractivity contribution >= 4 is 11.7 Å². The zero-order valence-corrected chi connectivity index (χ0v) is 13.8. The molecule has 0 bridgehead atoms. The van der Waals surface area contributed by atoms with Crippen LogP contribution in [-0.4, -0.2) is 23.1 Å². The Hall–Kier alpha value is -3.41. The molecule has 0 saturated heterocycles. The number of hydrogen-bond donors (Lipinski definition) is 2. The smallest absolute Gasteiger partial charge is 0.319 e. The van der Waals surface area contributed by atoms with E-state index in [9.17, 15) is 4.79 Å². The first-order chi connectivity index (χ1) is 12.3. The van der Waals surface area contributed by atoms with Gasteiger partial charge >= 0.3 is 6.03 Å². The fourth-order valence-corrected chi connectivity index (χ4v) is 2.38. The summed E-state index contributed by atoms with van der Waals surface area (Å²) in [5, 5.41) is 5.64. The van der Waals surface area contributed by atoms with Gasteiger partial charge in [0, 0.05) is 36.4 Å².